The molecule has 1 atom stereocenters. The van der Waals surface area contributed by atoms with Crippen molar-refractivity contribution in [2.75, 3.05) is 5.32 Å². The fourth-order valence-corrected chi connectivity index (χ4v) is 3.32. The number of aromatic nitrogens is 3. The van der Waals surface area contributed by atoms with Crippen molar-refractivity contribution in [3.8, 4) is 0 Å². The lowest BCUT2D eigenvalue weighted by atomic mass is 10.0. The van der Waals surface area contributed by atoms with Crippen LogP contribution in [0.15, 0.2) is 54.9 Å². The summed E-state index contributed by atoms with van der Waals surface area (Å²) in [5.41, 5.74) is 4.21. The van der Waals surface area contributed by atoms with Gasteiger partial charge in [0.15, 0.2) is 0 Å². The number of hydrogen-bond acceptors (Lipinski definition) is 3. The van der Waals surface area contributed by atoms with Crippen LogP contribution in [-0.4, -0.2) is 14.8 Å². The van der Waals surface area contributed by atoms with E-state index in [4.69, 9.17) is 23.2 Å². The lowest BCUT2D eigenvalue weighted by Crippen LogP contribution is -2.20. The van der Waals surface area contributed by atoms with E-state index in [0.29, 0.717) is 16.0 Å². The van der Waals surface area contributed by atoms with Gasteiger partial charge in [-0.3, -0.25) is 0 Å². The van der Waals surface area contributed by atoms with Gasteiger partial charge in [0.1, 0.15) is 12.4 Å². The number of halogens is 2. The van der Waals surface area contributed by atoms with Crippen LogP contribution >= 0.6 is 23.2 Å². The van der Waals surface area contributed by atoms with E-state index in [9.17, 15) is 0 Å². The molecular weight excluding hydrogens is 343 g/mol. The molecule has 0 spiro atoms. The maximum Gasteiger partial charge on any atom is 0.226 e. The zero-order valence-electron chi connectivity index (χ0n) is 12.9. The maximum atomic E-state index is 6.42. The first-order valence-electron chi connectivity index (χ1n) is 7.52. The van der Waals surface area contributed by atoms with Crippen molar-refractivity contribution in [1.29, 1.82) is 0 Å². The zero-order valence-corrected chi connectivity index (χ0v) is 14.4. The van der Waals surface area contributed by atoms with Crippen molar-refractivity contribution in [1.82, 2.24) is 14.8 Å². The lowest BCUT2D eigenvalue weighted by Gasteiger charge is -2.25. The summed E-state index contributed by atoms with van der Waals surface area (Å²) in [6.45, 7) is 2.07. The Bertz CT molecular complexity index is 928. The number of allylic oxidation sites excluding steroid dienone is 1. The molecule has 0 aliphatic carbocycles. The number of benzene rings is 2. The van der Waals surface area contributed by atoms with Gasteiger partial charge in [-0.2, -0.15) is 10.1 Å². The largest absolute Gasteiger partial charge is 0.324 e. The van der Waals surface area contributed by atoms with Gasteiger partial charge in [0.05, 0.1) is 0 Å². The third kappa shape index (κ3) is 2.68. The standard InChI is InChI=1S/C18H14Cl2N4/c1-11-2-4-12(5-3-11)16-9-17(24-18(23-16)21-10-22-24)14-7-6-13(19)8-15(14)20/h2-10,17H,1H3,(H,21,22,23). The highest BCUT2D eigenvalue weighted by Crippen LogP contribution is 2.35. The molecule has 4 rings (SSSR count). The molecule has 1 aromatic heterocycles. The molecule has 1 aliphatic rings. The molecule has 0 bridgehead atoms. The van der Waals surface area contributed by atoms with Crippen LogP contribution in [0.1, 0.15) is 22.7 Å². The van der Waals surface area contributed by atoms with Gasteiger partial charge in [-0.15, -0.1) is 0 Å². The van der Waals surface area contributed by atoms with Gasteiger partial charge in [-0.25, -0.2) is 4.68 Å². The first kappa shape index (κ1) is 15.2. The molecule has 0 saturated heterocycles. The highest BCUT2D eigenvalue weighted by Gasteiger charge is 2.25. The topological polar surface area (TPSA) is 42.7 Å². The van der Waals surface area contributed by atoms with Crippen molar-refractivity contribution in [3.05, 3.63) is 81.6 Å². The normalized spacial score (nSPS) is 16.3. The molecule has 1 aliphatic heterocycles. The van der Waals surface area contributed by atoms with Crippen LogP contribution in [-0.2, 0) is 0 Å². The van der Waals surface area contributed by atoms with Crippen LogP contribution in [0.4, 0.5) is 5.95 Å². The fraction of sp³-hybridized carbons (Fsp3) is 0.111. The highest BCUT2D eigenvalue weighted by molar-refractivity contribution is 6.35. The van der Waals surface area contributed by atoms with Crippen LogP contribution in [0.3, 0.4) is 0 Å². The Labute approximate surface area is 149 Å². The van der Waals surface area contributed by atoms with Gasteiger partial charge in [-0.1, -0.05) is 59.1 Å². The van der Waals surface area contributed by atoms with Crippen LogP contribution in [0.5, 0.6) is 0 Å². The van der Waals surface area contributed by atoms with Crippen molar-refractivity contribution >= 4 is 34.8 Å². The molecular formula is C18H14Cl2N4. The first-order chi connectivity index (χ1) is 11.6. The van der Waals surface area contributed by atoms with E-state index in [-0.39, 0.29) is 6.04 Å². The highest BCUT2D eigenvalue weighted by atomic mass is 35.5. The number of nitrogens with one attached hydrogen (secondary N) is 1. The quantitative estimate of drug-likeness (QED) is 0.706. The molecule has 2 aromatic carbocycles. The molecule has 1 N–H and O–H groups in total. The van der Waals surface area contributed by atoms with E-state index in [1.807, 2.05) is 16.8 Å². The smallest absolute Gasteiger partial charge is 0.226 e. The average molecular weight is 357 g/mol. The number of fused-ring (bicyclic) bond motifs is 1. The van der Waals surface area contributed by atoms with Gasteiger partial charge in [-0.05, 0) is 36.3 Å². The van der Waals surface area contributed by atoms with E-state index in [1.54, 1.807) is 6.07 Å². The number of anilines is 1. The lowest BCUT2D eigenvalue weighted by molar-refractivity contribution is 0.612. The van der Waals surface area contributed by atoms with Crippen molar-refractivity contribution in [2.45, 2.75) is 13.0 Å². The van der Waals surface area contributed by atoms with E-state index >= 15 is 0 Å². The third-order valence-corrected chi connectivity index (χ3v) is 4.61. The summed E-state index contributed by atoms with van der Waals surface area (Å²) in [5, 5.41) is 8.87. The average Bonchev–Trinajstić information content (AvgIpc) is 3.03. The van der Waals surface area contributed by atoms with E-state index in [0.717, 1.165) is 16.8 Å². The Morgan fingerprint density at radius 3 is 2.62 bits per heavy atom. The minimum atomic E-state index is -0.148. The van der Waals surface area contributed by atoms with Crippen LogP contribution in [0, 0.1) is 6.92 Å². The molecule has 0 amide bonds. The first-order valence-corrected chi connectivity index (χ1v) is 8.28. The minimum Gasteiger partial charge on any atom is -0.324 e. The summed E-state index contributed by atoms with van der Waals surface area (Å²) in [5.74, 6) is 0.684. The SMILES string of the molecule is Cc1ccc(C2=CC(c3ccc(Cl)cc3Cl)n3ncnc3N2)cc1. The third-order valence-electron chi connectivity index (χ3n) is 4.05. The van der Waals surface area contributed by atoms with Crippen molar-refractivity contribution in [3.63, 3.8) is 0 Å². The van der Waals surface area contributed by atoms with Gasteiger partial charge in [0.25, 0.3) is 0 Å². The summed E-state index contributed by atoms with van der Waals surface area (Å²) in [6.07, 6.45) is 3.63. The van der Waals surface area contributed by atoms with Gasteiger partial charge in [0.2, 0.25) is 5.95 Å². The number of hydrogen-bond donors (Lipinski definition) is 1. The van der Waals surface area contributed by atoms with Gasteiger partial charge in [0, 0.05) is 15.7 Å². The van der Waals surface area contributed by atoms with Gasteiger partial charge < -0.3 is 5.32 Å². The molecule has 2 heterocycles. The minimum absolute atomic E-state index is 0.148. The summed E-state index contributed by atoms with van der Waals surface area (Å²) >= 11 is 12.4. The summed E-state index contributed by atoms with van der Waals surface area (Å²) < 4.78 is 1.81. The fourth-order valence-electron chi connectivity index (χ4n) is 2.80. The van der Waals surface area contributed by atoms with Crippen molar-refractivity contribution < 1.29 is 0 Å². The van der Waals surface area contributed by atoms with E-state index in [2.05, 4.69) is 52.7 Å². The Morgan fingerprint density at radius 1 is 1.08 bits per heavy atom. The Balaban J connectivity index is 1.83. The molecule has 6 heteroatoms. The molecule has 0 fully saturated rings. The number of rotatable bonds is 2. The summed E-state index contributed by atoms with van der Waals surface area (Å²) in [6, 6.07) is 13.7. The Morgan fingerprint density at radius 2 is 1.88 bits per heavy atom. The Kier molecular flexibility index (Phi) is 3.79. The van der Waals surface area contributed by atoms with E-state index in [1.165, 1.54) is 11.9 Å². The maximum absolute atomic E-state index is 6.42. The second-order valence-electron chi connectivity index (χ2n) is 5.71. The monoisotopic (exact) mass is 356 g/mol. The molecule has 1 unspecified atom stereocenters. The zero-order chi connectivity index (χ0) is 16.7. The number of aryl methyl sites for hydroxylation is 1. The second kappa shape index (κ2) is 5.96. The van der Waals surface area contributed by atoms with Crippen LogP contribution < -0.4 is 5.32 Å². The Hall–Kier alpha value is -2.30. The summed E-state index contributed by atoms with van der Waals surface area (Å²) in [7, 11) is 0. The summed E-state index contributed by atoms with van der Waals surface area (Å²) in [4.78, 5) is 4.30. The molecule has 4 nitrogen and oxygen atoms in total. The molecule has 120 valence electrons. The predicted molar refractivity (Wildman–Crippen MR) is 97.4 cm³/mol. The van der Waals surface area contributed by atoms with Crippen LogP contribution in [0.25, 0.3) is 5.70 Å². The van der Waals surface area contributed by atoms with Crippen LogP contribution in [0.2, 0.25) is 10.0 Å². The molecule has 24 heavy (non-hydrogen) atoms. The molecule has 0 saturated carbocycles. The van der Waals surface area contributed by atoms with Gasteiger partial charge >= 0.3 is 0 Å². The van der Waals surface area contributed by atoms with E-state index < -0.39 is 0 Å². The molecule has 0 radical (unpaired) electrons. The predicted octanol–water partition coefficient (Wildman–Crippen LogP) is 4.95. The number of nitrogens with zero attached hydrogens (tertiary/aromatic N) is 3. The van der Waals surface area contributed by atoms with Crippen molar-refractivity contribution in [2.24, 2.45) is 0 Å². The molecule has 3 aromatic rings. The second-order valence-corrected chi connectivity index (χ2v) is 6.55.